The Labute approximate surface area is 149 Å². The second-order valence-corrected chi connectivity index (χ2v) is 5.85. The maximum absolute atomic E-state index is 10.8. The molecule has 0 spiro atoms. The van der Waals surface area contributed by atoms with Crippen LogP contribution in [0.5, 0.6) is 17.2 Å². The van der Waals surface area contributed by atoms with Crippen LogP contribution in [0.4, 0.5) is 0 Å². The number of carboxylic acid groups (broad SMARTS) is 2. The van der Waals surface area contributed by atoms with Crippen molar-refractivity contribution in [2.75, 3.05) is 0 Å². The van der Waals surface area contributed by atoms with Gasteiger partial charge in [0.25, 0.3) is 0 Å². The summed E-state index contributed by atoms with van der Waals surface area (Å²) in [6.45, 7) is 0. The fourth-order valence-corrected chi connectivity index (χ4v) is 2.28. The molecule has 0 aromatic heterocycles. The monoisotopic (exact) mass is 360 g/mol. The molecule has 0 fully saturated rings. The third-order valence-corrected chi connectivity index (χ3v) is 3.72. The number of nitrogens with two attached hydrogens (primary N) is 2. The topological polar surface area (TPSA) is 156 Å². The van der Waals surface area contributed by atoms with E-state index in [9.17, 15) is 14.7 Å². The van der Waals surface area contributed by atoms with Gasteiger partial charge in [0.15, 0.2) is 11.5 Å². The molecule has 8 nitrogen and oxygen atoms in total. The Morgan fingerprint density at radius 2 is 1.38 bits per heavy atom. The van der Waals surface area contributed by atoms with Gasteiger partial charge in [0.05, 0.1) is 0 Å². The summed E-state index contributed by atoms with van der Waals surface area (Å²) in [6.07, 6.45) is 0.279. The first-order chi connectivity index (χ1) is 12.3. The molecule has 26 heavy (non-hydrogen) atoms. The van der Waals surface area contributed by atoms with E-state index in [1.54, 1.807) is 30.3 Å². The molecule has 2 unspecified atom stereocenters. The molecular formula is C18H20N2O6. The smallest absolute Gasteiger partial charge is 0.320 e. The van der Waals surface area contributed by atoms with Crippen LogP contribution in [0.15, 0.2) is 42.5 Å². The molecule has 0 heterocycles. The molecule has 0 aliphatic rings. The molecule has 2 rings (SSSR count). The lowest BCUT2D eigenvalue weighted by atomic mass is 10.1. The Morgan fingerprint density at radius 1 is 0.885 bits per heavy atom. The van der Waals surface area contributed by atoms with E-state index in [1.807, 2.05) is 0 Å². The van der Waals surface area contributed by atoms with Gasteiger partial charge in [-0.2, -0.15) is 0 Å². The first-order valence-corrected chi connectivity index (χ1v) is 7.81. The Morgan fingerprint density at radius 3 is 1.88 bits per heavy atom. The first kappa shape index (κ1) is 19.2. The number of carbonyl (C=O) groups is 2. The molecule has 0 saturated heterocycles. The highest BCUT2D eigenvalue weighted by atomic mass is 16.5. The van der Waals surface area contributed by atoms with E-state index in [1.165, 1.54) is 12.1 Å². The summed E-state index contributed by atoms with van der Waals surface area (Å²) in [7, 11) is 0. The zero-order chi connectivity index (χ0) is 19.3. The van der Waals surface area contributed by atoms with E-state index < -0.39 is 24.0 Å². The quantitative estimate of drug-likeness (QED) is 0.468. The minimum Gasteiger partial charge on any atom is -0.504 e. The van der Waals surface area contributed by atoms with E-state index in [0.29, 0.717) is 11.3 Å². The summed E-state index contributed by atoms with van der Waals surface area (Å²) >= 11 is 0. The molecule has 7 N–H and O–H groups in total. The number of ether oxygens (including phenoxy) is 1. The predicted molar refractivity (Wildman–Crippen MR) is 93.3 cm³/mol. The number of aromatic hydroxyl groups is 1. The van der Waals surface area contributed by atoms with Gasteiger partial charge in [0.2, 0.25) is 0 Å². The standard InChI is InChI=1S/C18H20N2O6/c19-13(17(22)23)7-10-1-4-12(5-2-10)26-16-6-3-11(9-15(16)21)8-14(20)18(24)25/h1-6,9,13-14,21H,7-8,19-20H2,(H,22,23)(H,24,25). The molecule has 0 radical (unpaired) electrons. The highest BCUT2D eigenvalue weighted by Crippen LogP contribution is 2.31. The van der Waals surface area contributed by atoms with Crippen LogP contribution in [0, 0.1) is 0 Å². The summed E-state index contributed by atoms with van der Waals surface area (Å²) in [6, 6.07) is 9.17. The summed E-state index contributed by atoms with van der Waals surface area (Å²) in [4.78, 5) is 21.5. The molecule has 2 aromatic carbocycles. The number of aliphatic carboxylic acids is 2. The fourth-order valence-electron chi connectivity index (χ4n) is 2.28. The Balaban J connectivity index is 2.04. The number of carboxylic acids is 2. The molecule has 2 atom stereocenters. The summed E-state index contributed by atoms with van der Waals surface area (Å²) in [5.74, 6) is -1.68. The van der Waals surface area contributed by atoms with Crippen LogP contribution in [0.25, 0.3) is 0 Å². The van der Waals surface area contributed by atoms with Gasteiger partial charge in [-0.3, -0.25) is 9.59 Å². The molecule has 0 aliphatic heterocycles. The summed E-state index contributed by atoms with van der Waals surface area (Å²) in [5, 5.41) is 27.7. The van der Waals surface area contributed by atoms with E-state index in [0.717, 1.165) is 5.56 Å². The van der Waals surface area contributed by atoms with Crippen LogP contribution in [0.1, 0.15) is 11.1 Å². The lowest BCUT2D eigenvalue weighted by Gasteiger charge is -2.11. The minimum atomic E-state index is -1.12. The highest BCUT2D eigenvalue weighted by Gasteiger charge is 2.14. The maximum atomic E-state index is 10.8. The SMILES string of the molecule is NC(Cc1ccc(Oc2ccc(CC(N)C(=O)O)cc2O)cc1)C(=O)O. The van der Waals surface area contributed by atoms with E-state index in [-0.39, 0.29) is 24.3 Å². The van der Waals surface area contributed by atoms with E-state index in [2.05, 4.69) is 0 Å². The van der Waals surface area contributed by atoms with Crippen molar-refractivity contribution in [1.82, 2.24) is 0 Å². The van der Waals surface area contributed by atoms with Crippen LogP contribution >= 0.6 is 0 Å². The minimum absolute atomic E-state index is 0.0850. The Bertz CT molecular complexity index is 791. The maximum Gasteiger partial charge on any atom is 0.320 e. The molecule has 2 aromatic rings. The number of phenolic OH excluding ortho intramolecular Hbond substituents is 1. The van der Waals surface area contributed by atoms with Crippen LogP contribution in [-0.2, 0) is 22.4 Å². The lowest BCUT2D eigenvalue weighted by molar-refractivity contribution is -0.139. The Hall–Kier alpha value is -3.10. The second-order valence-electron chi connectivity index (χ2n) is 5.85. The van der Waals surface area contributed by atoms with Crippen LogP contribution in [0.2, 0.25) is 0 Å². The van der Waals surface area contributed by atoms with Crippen molar-refractivity contribution in [3.8, 4) is 17.2 Å². The van der Waals surface area contributed by atoms with Gasteiger partial charge in [-0.1, -0.05) is 18.2 Å². The van der Waals surface area contributed by atoms with E-state index >= 15 is 0 Å². The molecule has 0 saturated carbocycles. The van der Waals surface area contributed by atoms with Gasteiger partial charge >= 0.3 is 11.9 Å². The lowest BCUT2D eigenvalue weighted by Crippen LogP contribution is -2.32. The molecule has 0 aliphatic carbocycles. The van der Waals surface area contributed by atoms with Crippen LogP contribution in [-0.4, -0.2) is 39.3 Å². The zero-order valence-electron chi connectivity index (χ0n) is 13.8. The van der Waals surface area contributed by atoms with Crippen LogP contribution in [0.3, 0.4) is 0 Å². The van der Waals surface area contributed by atoms with Crippen molar-refractivity contribution in [3.63, 3.8) is 0 Å². The number of benzene rings is 2. The number of hydrogen-bond acceptors (Lipinski definition) is 6. The molecule has 0 amide bonds. The molecule has 8 heteroatoms. The number of phenols is 1. The highest BCUT2D eigenvalue weighted by molar-refractivity contribution is 5.74. The average molecular weight is 360 g/mol. The van der Waals surface area contributed by atoms with Crippen molar-refractivity contribution in [2.45, 2.75) is 24.9 Å². The number of hydrogen-bond donors (Lipinski definition) is 5. The van der Waals surface area contributed by atoms with Crippen LogP contribution < -0.4 is 16.2 Å². The second kappa shape index (κ2) is 8.32. The predicted octanol–water partition coefficient (Wildman–Crippen LogP) is 1.09. The molecular weight excluding hydrogens is 340 g/mol. The summed E-state index contributed by atoms with van der Waals surface area (Å²) < 4.78 is 5.58. The largest absolute Gasteiger partial charge is 0.504 e. The molecule has 138 valence electrons. The van der Waals surface area contributed by atoms with Gasteiger partial charge in [-0.25, -0.2) is 0 Å². The van der Waals surface area contributed by atoms with Crippen molar-refractivity contribution < 1.29 is 29.6 Å². The van der Waals surface area contributed by atoms with Gasteiger partial charge in [-0.15, -0.1) is 0 Å². The fraction of sp³-hybridized carbons (Fsp3) is 0.222. The van der Waals surface area contributed by atoms with Gasteiger partial charge < -0.3 is 31.5 Å². The van der Waals surface area contributed by atoms with E-state index in [4.69, 9.17) is 26.4 Å². The van der Waals surface area contributed by atoms with Gasteiger partial charge in [-0.05, 0) is 48.2 Å². The van der Waals surface area contributed by atoms with Crippen molar-refractivity contribution in [2.24, 2.45) is 11.5 Å². The normalized spacial score (nSPS) is 13.0. The third kappa shape index (κ3) is 5.20. The molecule has 0 bridgehead atoms. The van der Waals surface area contributed by atoms with Gasteiger partial charge in [0, 0.05) is 0 Å². The summed E-state index contributed by atoms with van der Waals surface area (Å²) in [5.41, 5.74) is 12.3. The van der Waals surface area contributed by atoms with Gasteiger partial charge in [0.1, 0.15) is 17.8 Å². The third-order valence-electron chi connectivity index (χ3n) is 3.72. The average Bonchev–Trinajstić information content (AvgIpc) is 2.58. The Kier molecular flexibility index (Phi) is 6.16. The van der Waals surface area contributed by atoms with Crippen molar-refractivity contribution in [3.05, 3.63) is 53.6 Å². The number of rotatable bonds is 8. The van der Waals surface area contributed by atoms with Crippen molar-refractivity contribution in [1.29, 1.82) is 0 Å². The zero-order valence-corrected chi connectivity index (χ0v) is 13.8. The first-order valence-electron chi connectivity index (χ1n) is 7.81. The van der Waals surface area contributed by atoms with Crippen molar-refractivity contribution >= 4 is 11.9 Å².